The maximum atomic E-state index is 13.8. The Kier molecular flexibility index (Phi) is 8.39. The van der Waals surface area contributed by atoms with E-state index in [0.717, 1.165) is 38.5 Å². The summed E-state index contributed by atoms with van der Waals surface area (Å²) < 4.78 is 32.4. The zero-order valence-corrected chi connectivity index (χ0v) is 20.8. The first-order chi connectivity index (χ1) is 15.7. The number of hydrogen-bond acceptors (Lipinski definition) is 5. The monoisotopic (exact) mass is 479 g/mol. The van der Waals surface area contributed by atoms with Gasteiger partial charge in [-0.1, -0.05) is 51.2 Å². The van der Waals surface area contributed by atoms with E-state index in [9.17, 15) is 18.0 Å². The Morgan fingerprint density at radius 2 is 1.79 bits per heavy atom. The summed E-state index contributed by atoms with van der Waals surface area (Å²) in [5, 5.41) is 3.16. The lowest BCUT2D eigenvalue weighted by atomic mass is 9.92. The van der Waals surface area contributed by atoms with Crippen molar-refractivity contribution in [1.82, 2.24) is 9.62 Å². The number of amides is 2. The van der Waals surface area contributed by atoms with Crippen molar-refractivity contribution in [2.75, 3.05) is 30.9 Å². The third kappa shape index (κ3) is 5.69. The maximum absolute atomic E-state index is 13.8. The zero-order chi connectivity index (χ0) is 24.1. The van der Waals surface area contributed by atoms with E-state index < -0.39 is 21.5 Å². The highest BCUT2D eigenvalue weighted by Crippen LogP contribution is 2.37. The number of piperazine rings is 1. The summed E-state index contributed by atoms with van der Waals surface area (Å²) in [5.41, 5.74) is -0.944. The average Bonchev–Trinajstić information content (AvgIpc) is 2.75. The normalized spacial score (nSPS) is 23.6. The van der Waals surface area contributed by atoms with Gasteiger partial charge in [-0.05, 0) is 38.3 Å². The van der Waals surface area contributed by atoms with Crippen LogP contribution >= 0.6 is 0 Å². The van der Waals surface area contributed by atoms with Crippen molar-refractivity contribution in [2.45, 2.75) is 76.8 Å². The smallest absolute Gasteiger partial charge is 0.247 e. The number of carbonyl (C=O) groups excluding carboxylic acids is 2. The number of para-hydroxylation sites is 2. The number of hydrogen-bond donors (Lipinski definition) is 1. The molecule has 1 aromatic rings. The summed E-state index contributed by atoms with van der Waals surface area (Å²) in [4.78, 5) is 28.6. The minimum Gasteiger partial charge on any atom is -0.495 e. The van der Waals surface area contributed by atoms with E-state index in [-0.39, 0.29) is 30.8 Å². The molecule has 9 heteroatoms. The Morgan fingerprint density at radius 3 is 2.42 bits per heavy atom. The van der Waals surface area contributed by atoms with Crippen LogP contribution in [0.2, 0.25) is 0 Å². The molecule has 33 heavy (non-hydrogen) atoms. The molecule has 1 aliphatic heterocycles. The maximum Gasteiger partial charge on any atom is 0.247 e. The van der Waals surface area contributed by atoms with Crippen molar-refractivity contribution in [3.05, 3.63) is 24.3 Å². The van der Waals surface area contributed by atoms with Gasteiger partial charge < -0.3 is 10.1 Å². The highest BCUT2D eigenvalue weighted by molar-refractivity contribution is 7.89. The standard InChI is InChI=1S/C24H37N3O5S/c1-4-16-33(30,31)26-17-22(28)27(20-14-10-11-15-21(20)32-3)24(2,18-26)23(29)25-19-12-8-6-5-7-9-13-19/h10-11,14-15,19H,4-9,12-13,16-18H2,1-3H3,(H,25,29)/t24-/m0/s1. The van der Waals surface area contributed by atoms with Gasteiger partial charge in [0.15, 0.2) is 0 Å². The van der Waals surface area contributed by atoms with E-state index in [0.29, 0.717) is 17.9 Å². The van der Waals surface area contributed by atoms with E-state index in [1.54, 1.807) is 38.1 Å². The van der Waals surface area contributed by atoms with Crippen LogP contribution in [0.25, 0.3) is 0 Å². The van der Waals surface area contributed by atoms with Crippen LogP contribution in [0, 0.1) is 0 Å². The summed E-state index contributed by atoms with van der Waals surface area (Å²) >= 11 is 0. The average molecular weight is 480 g/mol. The van der Waals surface area contributed by atoms with Crippen molar-refractivity contribution >= 4 is 27.5 Å². The molecule has 2 aliphatic rings. The Balaban J connectivity index is 1.98. The molecule has 2 amide bonds. The number of sulfonamides is 1. The van der Waals surface area contributed by atoms with Gasteiger partial charge in [-0.3, -0.25) is 14.5 Å². The predicted molar refractivity (Wildman–Crippen MR) is 129 cm³/mol. The van der Waals surface area contributed by atoms with Crippen molar-refractivity contribution in [2.24, 2.45) is 0 Å². The largest absolute Gasteiger partial charge is 0.495 e. The zero-order valence-electron chi connectivity index (χ0n) is 20.0. The number of carbonyl (C=O) groups is 2. The minimum absolute atomic E-state index is 0.0203. The summed E-state index contributed by atoms with van der Waals surface area (Å²) in [6.45, 7) is 3.04. The third-order valence-corrected chi connectivity index (χ3v) is 8.62. The number of benzene rings is 1. The summed E-state index contributed by atoms with van der Waals surface area (Å²) in [7, 11) is -2.15. The molecule has 0 radical (unpaired) electrons. The van der Waals surface area contributed by atoms with Crippen molar-refractivity contribution in [1.29, 1.82) is 0 Å². The fourth-order valence-electron chi connectivity index (χ4n) is 4.88. The highest BCUT2D eigenvalue weighted by Gasteiger charge is 2.51. The molecule has 2 fully saturated rings. The predicted octanol–water partition coefficient (Wildman–Crippen LogP) is 3.07. The summed E-state index contributed by atoms with van der Waals surface area (Å²) in [6, 6.07) is 7.05. The lowest BCUT2D eigenvalue weighted by molar-refractivity contribution is -0.133. The number of methoxy groups -OCH3 is 1. The Bertz CT molecular complexity index is 943. The Labute approximate surface area is 197 Å². The van der Waals surface area contributed by atoms with E-state index >= 15 is 0 Å². The molecule has 1 saturated heterocycles. The first-order valence-corrected chi connectivity index (χ1v) is 13.6. The molecular formula is C24H37N3O5S. The fourth-order valence-corrected chi connectivity index (χ4v) is 6.41. The number of nitrogens with one attached hydrogen (secondary N) is 1. The number of ether oxygens (including phenoxy) is 1. The van der Waals surface area contributed by atoms with Crippen molar-refractivity contribution in [3.8, 4) is 5.75 Å². The first-order valence-electron chi connectivity index (χ1n) is 12.0. The second-order valence-corrected chi connectivity index (χ2v) is 11.4. The minimum atomic E-state index is -3.66. The topological polar surface area (TPSA) is 96.0 Å². The Hall–Kier alpha value is -2.13. The van der Waals surface area contributed by atoms with Gasteiger partial charge in [0, 0.05) is 12.6 Å². The quantitative estimate of drug-likeness (QED) is 0.648. The van der Waals surface area contributed by atoms with E-state index in [1.165, 1.54) is 22.7 Å². The van der Waals surface area contributed by atoms with Crippen LogP contribution in [0.3, 0.4) is 0 Å². The molecule has 0 unspecified atom stereocenters. The third-order valence-electron chi connectivity index (χ3n) is 6.65. The first kappa shape index (κ1) is 25.5. The Morgan fingerprint density at radius 1 is 1.15 bits per heavy atom. The van der Waals surface area contributed by atoms with Gasteiger partial charge in [-0.2, -0.15) is 4.31 Å². The molecule has 3 rings (SSSR count). The molecule has 0 bridgehead atoms. The number of nitrogens with zero attached hydrogens (tertiary/aromatic N) is 2. The number of rotatable bonds is 7. The molecule has 1 aliphatic carbocycles. The highest BCUT2D eigenvalue weighted by atomic mass is 32.2. The van der Waals surface area contributed by atoms with Gasteiger partial charge in [0.25, 0.3) is 0 Å². The SMILES string of the molecule is CCCS(=O)(=O)N1CC(=O)N(c2ccccc2OC)[C@](C)(C(=O)NC2CCCCCCC2)C1. The van der Waals surface area contributed by atoms with E-state index in [2.05, 4.69) is 5.32 Å². The number of anilines is 1. The fraction of sp³-hybridized carbons (Fsp3) is 0.667. The molecular weight excluding hydrogens is 442 g/mol. The van der Waals surface area contributed by atoms with Gasteiger partial charge in [-0.25, -0.2) is 8.42 Å². The van der Waals surface area contributed by atoms with E-state index in [4.69, 9.17) is 4.74 Å². The van der Waals surface area contributed by atoms with Crippen LogP contribution in [0.1, 0.15) is 65.2 Å². The molecule has 1 atom stereocenters. The van der Waals surface area contributed by atoms with Crippen LogP contribution in [-0.2, 0) is 19.6 Å². The van der Waals surface area contributed by atoms with Crippen LogP contribution in [0.15, 0.2) is 24.3 Å². The molecule has 1 heterocycles. The van der Waals surface area contributed by atoms with Gasteiger partial charge in [0.1, 0.15) is 11.3 Å². The van der Waals surface area contributed by atoms with Gasteiger partial charge in [0.05, 0.1) is 25.1 Å². The van der Waals surface area contributed by atoms with Crippen LogP contribution in [-0.4, -0.2) is 62.1 Å². The lowest BCUT2D eigenvalue weighted by Gasteiger charge is -2.47. The summed E-state index contributed by atoms with van der Waals surface area (Å²) in [6.07, 6.45) is 7.84. The molecule has 1 saturated carbocycles. The van der Waals surface area contributed by atoms with Gasteiger partial charge >= 0.3 is 0 Å². The van der Waals surface area contributed by atoms with Gasteiger partial charge in [-0.15, -0.1) is 0 Å². The van der Waals surface area contributed by atoms with Crippen LogP contribution in [0.4, 0.5) is 5.69 Å². The summed E-state index contributed by atoms with van der Waals surface area (Å²) in [5.74, 6) is -0.375. The van der Waals surface area contributed by atoms with Crippen LogP contribution in [0.5, 0.6) is 5.75 Å². The second kappa shape index (κ2) is 10.9. The molecule has 0 aromatic heterocycles. The van der Waals surface area contributed by atoms with Gasteiger partial charge in [0.2, 0.25) is 21.8 Å². The van der Waals surface area contributed by atoms with Crippen LogP contribution < -0.4 is 15.0 Å². The molecule has 1 aromatic carbocycles. The van der Waals surface area contributed by atoms with Crippen molar-refractivity contribution in [3.63, 3.8) is 0 Å². The molecule has 1 N–H and O–H groups in total. The molecule has 0 spiro atoms. The van der Waals surface area contributed by atoms with Crippen molar-refractivity contribution < 1.29 is 22.7 Å². The molecule has 8 nitrogen and oxygen atoms in total. The van der Waals surface area contributed by atoms with E-state index in [1.807, 2.05) is 0 Å². The second-order valence-electron chi connectivity index (χ2n) is 9.27. The molecule has 184 valence electrons. The lowest BCUT2D eigenvalue weighted by Crippen LogP contribution is -2.71.